The molecule has 0 amide bonds. The highest BCUT2D eigenvalue weighted by molar-refractivity contribution is 6.34. The Morgan fingerprint density at radius 1 is 0.848 bits per heavy atom. The number of para-hydroxylation sites is 1. The van der Waals surface area contributed by atoms with E-state index in [1.165, 1.54) is 0 Å². The van der Waals surface area contributed by atoms with Crippen molar-refractivity contribution in [3.63, 3.8) is 0 Å². The summed E-state index contributed by atoms with van der Waals surface area (Å²) in [5, 5.41) is 0.448. The lowest BCUT2D eigenvalue weighted by Gasteiger charge is -2.21. The number of fused-ring (bicyclic) bond motifs is 1. The number of nitrogens with zero attached hydrogens (tertiary/aromatic N) is 1. The summed E-state index contributed by atoms with van der Waals surface area (Å²) in [6, 6.07) is 20.0. The van der Waals surface area contributed by atoms with Gasteiger partial charge in [-0.3, -0.25) is 0 Å². The van der Waals surface area contributed by atoms with Gasteiger partial charge in [-0.05, 0) is 42.5 Å². The molecule has 2 aliphatic heterocycles. The number of allylic oxidation sites excluding steroid dienone is 2. The Balaban J connectivity index is 1.67. The van der Waals surface area contributed by atoms with Crippen molar-refractivity contribution in [1.82, 2.24) is 0 Å². The van der Waals surface area contributed by atoms with E-state index < -0.39 is 5.97 Å². The fourth-order valence-corrected chi connectivity index (χ4v) is 3.91. The number of carbonyl (C=O) groups excluding carboxylic acids is 1. The Kier molecular flexibility index (Phi) is 5.36. The van der Waals surface area contributed by atoms with Gasteiger partial charge >= 0.3 is 5.97 Å². The third-order valence-corrected chi connectivity index (χ3v) is 5.63. The van der Waals surface area contributed by atoms with Crippen molar-refractivity contribution < 1.29 is 23.7 Å². The number of aliphatic imine (C=N–C) groups is 1. The van der Waals surface area contributed by atoms with Crippen LogP contribution >= 0.6 is 11.6 Å². The summed E-state index contributed by atoms with van der Waals surface area (Å²) in [4.78, 5) is 17.4. The summed E-state index contributed by atoms with van der Waals surface area (Å²) in [6.45, 7) is 0. The van der Waals surface area contributed by atoms with Crippen molar-refractivity contribution >= 4 is 34.8 Å². The number of rotatable bonds is 4. The molecule has 0 fully saturated rings. The van der Waals surface area contributed by atoms with Crippen LogP contribution in [0.1, 0.15) is 16.7 Å². The molecule has 0 saturated heterocycles. The highest BCUT2D eigenvalue weighted by Gasteiger charge is 2.31. The third-order valence-electron chi connectivity index (χ3n) is 5.30. The number of carbonyl (C=O) groups is 1. The number of methoxy groups -OCH3 is 2. The van der Waals surface area contributed by atoms with Gasteiger partial charge in [0.25, 0.3) is 0 Å². The van der Waals surface area contributed by atoms with E-state index in [1.54, 1.807) is 44.6 Å². The molecule has 0 bridgehead atoms. The largest absolute Gasteiger partial charge is 0.493 e. The lowest BCUT2D eigenvalue weighted by atomic mass is 9.97. The Morgan fingerprint density at radius 3 is 2.33 bits per heavy atom. The van der Waals surface area contributed by atoms with Crippen molar-refractivity contribution in [1.29, 1.82) is 0 Å². The molecule has 2 aliphatic rings. The Bertz CT molecular complexity index is 1370. The Morgan fingerprint density at radius 2 is 1.58 bits per heavy atom. The summed E-state index contributed by atoms with van der Waals surface area (Å²) in [5.74, 6) is 1.90. The van der Waals surface area contributed by atoms with Crippen LogP contribution in [0, 0.1) is 0 Å². The topological polar surface area (TPSA) is 66.4 Å². The lowest BCUT2D eigenvalue weighted by molar-refractivity contribution is -0.129. The van der Waals surface area contributed by atoms with Crippen LogP contribution in [0.25, 0.3) is 11.3 Å². The molecule has 3 aromatic rings. The van der Waals surface area contributed by atoms with Crippen molar-refractivity contribution in [3.8, 4) is 17.2 Å². The quantitative estimate of drug-likeness (QED) is 0.380. The minimum Gasteiger partial charge on any atom is -0.493 e. The summed E-state index contributed by atoms with van der Waals surface area (Å²) >= 11 is 6.28. The predicted octanol–water partition coefficient (Wildman–Crippen LogP) is 5.51. The zero-order valence-corrected chi connectivity index (χ0v) is 18.6. The van der Waals surface area contributed by atoms with Crippen molar-refractivity contribution in [2.75, 3.05) is 14.2 Å². The molecule has 3 aromatic carbocycles. The van der Waals surface area contributed by atoms with E-state index in [4.69, 9.17) is 30.5 Å². The monoisotopic (exact) mass is 459 g/mol. The second-order valence-corrected chi connectivity index (χ2v) is 7.63. The number of ether oxygens (including phenoxy) is 4. The maximum absolute atomic E-state index is 12.9. The molecule has 0 aromatic heterocycles. The highest BCUT2D eigenvalue weighted by Crippen LogP contribution is 2.41. The summed E-state index contributed by atoms with van der Waals surface area (Å²) in [6.07, 6.45) is 1.78. The predicted molar refractivity (Wildman–Crippen MR) is 126 cm³/mol. The molecule has 2 heterocycles. The molecule has 7 heteroatoms. The van der Waals surface area contributed by atoms with E-state index in [1.807, 2.05) is 42.5 Å². The van der Waals surface area contributed by atoms with E-state index in [-0.39, 0.29) is 11.6 Å². The van der Waals surface area contributed by atoms with Gasteiger partial charge in [0, 0.05) is 16.7 Å². The van der Waals surface area contributed by atoms with Gasteiger partial charge in [0.2, 0.25) is 5.90 Å². The number of halogens is 1. The van der Waals surface area contributed by atoms with Crippen LogP contribution in [-0.2, 0) is 9.53 Å². The van der Waals surface area contributed by atoms with Gasteiger partial charge < -0.3 is 18.9 Å². The van der Waals surface area contributed by atoms with Gasteiger partial charge in [0.15, 0.2) is 17.2 Å². The first-order valence-corrected chi connectivity index (χ1v) is 10.5. The third kappa shape index (κ3) is 3.75. The lowest BCUT2D eigenvalue weighted by Crippen LogP contribution is -2.08. The molecule has 6 nitrogen and oxygen atoms in total. The van der Waals surface area contributed by atoms with Crippen LogP contribution in [0.4, 0.5) is 0 Å². The molecular weight excluding hydrogens is 442 g/mol. The Labute approximate surface area is 195 Å². The average Bonchev–Trinajstić information content (AvgIpc) is 3.24. The van der Waals surface area contributed by atoms with Gasteiger partial charge in [0.1, 0.15) is 11.5 Å². The van der Waals surface area contributed by atoms with Gasteiger partial charge in [-0.25, -0.2) is 9.79 Å². The molecule has 0 aliphatic carbocycles. The first-order valence-electron chi connectivity index (χ1n) is 10.1. The van der Waals surface area contributed by atoms with E-state index >= 15 is 0 Å². The molecule has 0 N–H and O–H groups in total. The fourth-order valence-electron chi connectivity index (χ4n) is 3.69. The summed E-state index contributed by atoms with van der Waals surface area (Å²) in [5.41, 5.74) is 2.81. The van der Waals surface area contributed by atoms with Crippen molar-refractivity contribution in [2.24, 2.45) is 4.99 Å². The molecule has 0 radical (unpaired) electrons. The first-order chi connectivity index (χ1) is 16.1. The van der Waals surface area contributed by atoms with Crippen LogP contribution in [0.15, 0.2) is 83.5 Å². The summed E-state index contributed by atoms with van der Waals surface area (Å²) < 4.78 is 22.4. The van der Waals surface area contributed by atoms with Gasteiger partial charge in [-0.2, -0.15) is 0 Å². The molecule has 5 rings (SSSR count). The second kappa shape index (κ2) is 8.48. The number of hydrogen-bond donors (Lipinski definition) is 0. The number of benzene rings is 3. The normalized spacial score (nSPS) is 16.9. The fraction of sp³-hybridized carbons (Fsp3) is 0.0769. The van der Waals surface area contributed by atoms with Crippen LogP contribution in [0.3, 0.4) is 0 Å². The first kappa shape index (κ1) is 20.8. The van der Waals surface area contributed by atoms with E-state index in [2.05, 4.69) is 4.99 Å². The SMILES string of the molecule is COc1ccc(C2=CC(=C3N=C(c4ccccc4Cl)OC3=O)c3ccccc3O2)cc1OC. The standard InChI is InChI=1S/C26H18ClNO5/c1-30-21-12-11-15(13-23(21)31-2)22-14-18(16-7-4-6-10-20(16)32-22)24-26(29)33-25(28-24)17-8-3-5-9-19(17)27/h3-14H,1-2H3. The second-order valence-electron chi connectivity index (χ2n) is 7.23. The maximum atomic E-state index is 12.9. The zero-order valence-electron chi connectivity index (χ0n) is 17.8. The van der Waals surface area contributed by atoms with Crippen LogP contribution < -0.4 is 14.2 Å². The van der Waals surface area contributed by atoms with Crippen LogP contribution in [-0.4, -0.2) is 26.1 Å². The molecule has 33 heavy (non-hydrogen) atoms. The van der Waals surface area contributed by atoms with Gasteiger partial charge in [-0.1, -0.05) is 41.9 Å². The molecule has 0 spiro atoms. The molecular formula is C26H18ClNO5. The smallest absolute Gasteiger partial charge is 0.364 e. The van der Waals surface area contributed by atoms with Crippen molar-refractivity contribution in [3.05, 3.63) is 100 Å². The van der Waals surface area contributed by atoms with Crippen molar-refractivity contribution in [2.45, 2.75) is 0 Å². The molecule has 0 saturated carbocycles. The van der Waals surface area contributed by atoms with E-state index in [9.17, 15) is 4.79 Å². The number of cyclic esters (lactones) is 1. The van der Waals surface area contributed by atoms with E-state index in [0.29, 0.717) is 39.2 Å². The zero-order chi connectivity index (χ0) is 22.9. The van der Waals surface area contributed by atoms with Crippen LogP contribution in [0.5, 0.6) is 17.2 Å². The van der Waals surface area contributed by atoms with Crippen LogP contribution in [0.2, 0.25) is 5.02 Å². The average molecular weight is 460 g/mol. The van der Waals surface area contributed by atoms with Gasteiger partial charge in [-0.15, -0.1) is 0 Å². The maximum Gasteiger partial charge on any atom is 0.364 e. The van der Waals surface area contributed by atoms with Gasteiger partial charge in [0.05, 0.1) is 24.8 Å². The number of hydrogen-bond acceptors (Lipinski definition) is 6. The number of esters is 1. The molecule has 0 atom stereocenters. The minimum atomic E-state index is -0.556. The minimum absolute atomic E-state index is 0.165. The van der Waals surface area contributed by atoms with E-state index in [0.717, 1.165) is 11.1 Å². The highest BCUT2D eigenvalue weighted by atomic mass is 35.5. The molecule has 164 valence electrons. The Hall–Kier alpha value is -4.03. The summed E-state index contributed by atoms with van der Waals surface area (Å²) in [7, 11) is 3.15. The molecule has 0 unspecified atom stereocenters.